The normalized spacial score (nSPS) is 12.9. The summed E-state index contributed by atoms with van der Waals surface area (Å²) in [6.07, 6.45) is 3.58. The monoisotopic (exact) mass is 212 g/mol. The lowest BCUT2D eigenvalue weighted by Gasteiger charge is -2.28. The molecule has 0 heterocycles. The lowest BCUT2D eigenvalue weighted by Crippen LogP contribution is -2.55. The molecule has 0 unspecified atom stereocenters. The molecule has 4 nitrogen and oxygen atoms in total. The molecule has 2 amide bonds. The summed E-state index contributed by atoms with van der Waals surface area (Å²) < 4.78 is 0. The third-order valence-electron chi connectivity index (χ3n) is 2.21. The van der Waals surface area contributed by atoms with Crippen LogP contribution in [0.15, 0.2) is 12.2 Å². The van der Waals surface area contributed by atoms with E-state index in [1.54, 1.807) is 39.8 Å². The zero-order valence-corrected chi connectivity index (χ0v) is 10.0. The summed E-state index contributed by atoms with van der Waals surface area (Å²) in [6, 6.07) is 0. The van der Waals surface area contributed by atoms with E-state index in [4.69, 9.17) is 5.73 Å². The molecule has 0 saturated carbocycles. The van der Waals surface area contributed by atoms with Gasteiger partial charge in [-0.3, -0.25) is 9.59 Å². The third kappa shape index (κ3) is 3.73. The molecule has 0 bridgehead atoms. The molecule has 0 aliphatic heterocycles. The lowest BCUT2D eigenvalue weighted by molar-refractivity contribution is -0.134. The van der Waals surface area contributed by atoms with Crippen LogP contribution in [0.3, 0.4) is 0 Å². The van der Waals surface area contributed by atoms with E-state index in [0.717, 1.165) is 0 Å². The topological polar surface area (TPSA) is 72.2 Å². The predicted octanol–water partition coefficient (Wildman–Crippen LogP) is 0.969. The van der Waals surface area contributed by atoms with Crippen molar-refractivity contribution in [1.82, 2.24) is 5.32 Å². The molecule has 0 rings (SSSR count). The van der Waals surface area contributed by atoms with Crippen molar-refractivity contribution in [2.75, 3.05) is 0 Å². The fraction of sp³-hybridized carbons (Fsp3) is 0.636. The lowest BCUT2D eigenvalue weighted by atomic mass is 9.90. The van der Waals surface area contributed by atoms with Crippen LogP contribution in [-0.4, -0.2) is 17.4 Å². The van der Waals surface area contributed by atoms with Crippen molar-refractivity contribution in [3.05, 3.63) is 12.2 Å². The minimum atomic E-state index is -1.02. The highest BCUT2D eigenvalue weighted by Gasteiger charge is 2.32. The Kier molecular flexibility index (Phi) is 4.07. The molecule has 0 aliphatic rings. The van der Waals surface area contributed by atoms with E-state index >= 15 is 0 Å². The van der Waals surface area contributed by atoms with Crippen molar-refractivity contribution in [2.24, 2.45) is 11.1 Å². The molecule has 86 valence electrons. The first kappa shape index (κ1) is 13.7. The number of allylic oxidation sites excluding steroid dienone is 1. The SMILES string of the molecule is C/C=C/C(C)(C)C(=O)NC(C)(C)C(N)=O. The Morgan fingerprint density at radius 3 is 2.00 bits per heavy atom. The van der Waals surface area contributed by atoms with Crippen LogP contribution in [0.5, 0.6) is 0 Å². The van der Waals surface area contributed by atoms with E-state index in [9.17, 15) is 9.59 Å². The van der Waals surface area contributed by atoms with Gasteiger partial charge in [0.2, 0.25) is 11.8 Å². The highest BCUT2D eigenvalue weighted by molar-refractivity contribution is 5.92. The van der Waals surface area contributed by atoms with Gasteiger partial charge in [0.1, 0.15) is 5.54 Å². The van der Waals surface area contributed by atoms with Crippen molar-refractivity contribution in [2.45, 2.75) is 40.2 Å². The number of nitrogens with one attached hydrogen (secondary N) is 1. The zero-order valence-electron chi connectivity index (χ0n) is 10.0. The first-order valence-electron chi connectivity index (χ1n) is 4.90. The highest BCUT2D eigenvalue weighted by atomic mass is 16.2. The highest BCUT2D eigenvalue weighted by Crippen LogP contribution is 2.18. The van der Waals surface area contributed by atoms with Gasteiger partial charge in [-0.15, -0.1) is 0 Å². The maximum atomic E-state index is 11.8. The number of rotatable bonds is 4. The Hall–Kier alpha value is -1.32. The Labute approximate surface area is 90.9 Å². The van der Waals surface area contributed by atoms with Crippen molar-refractivity contribution in [3.8, 4) is 0 Å². The van der Waals surface area contributed by atoms with E-state index in [-0.39, 0.29) is 5.91 Å². The predicted molar refractivity (Wildman–Crippen MR) is 60.0 cm³/mol. The number of hydrogen-bond donors (Lipinski definition) is 2. The molecular weight excluding hydrogens is 192 g/mol. The van der Waals surface area contributed by atoms with Crippen LogP contribution in [0.4, 0.5) is 0 Å². The Balaban J connectivity index is 4.71. The smallest absolute Gasteiger partial charge is 0.242 e. The molecule has 0 aromatic heterocycles. The van der Waals surface area contributed by atoms with E-state index in [1.807, 2.05) is 6.92 Å². The largest absolute Gasteiger partial charge is 0.368 e. The molecule has 15 heavy (non-hydrogen) atoms. The molecule has 0 saturated heterocycles. The second-order valence-electron chi connectivity index (χ2n) is 4.67. The van der Waals surface area contributed by atoms with Crippen molar-refractivity contribution >= 4 is 11.8 Å². The van der Waals surface area contributed by atoms with Crippen molar-refractivity contribution in [1.29, 1.82) is 0 Å². The molecule has 0 aromatic carbocycles. The van der Waals surface area contributed by atoms with E-state index in [0.29, 0.717) is 0 Å². The summed E-state index contributed by atoms with van der Waals surface area (Å²) in [6.45, 7) is 8.56. The standard InChI is InChI=1S/C11H20N2O2/c1-6-7-10(2,3)9(15)13-11(4,5)8(12)14/h6-7H,1-5H3,(H2,12,14)(H,13,15)/b7-6+. The third-order valence-corrected chi connectivity index (χ3v) is 2.21. The summed E-state index contributed by atoms with van der Waals surface area (Å²) in [5.74, 6) is -0.767. The maximum Gasteiger partial charge on any atom is 0.242 e. The van der Waals surface area contributed by atoms with Gasteiger partial charge < -0.3 is 11.1 Å². The molecule has 3 N–H and O–H groups in total. The van der Waals surface area contributed by atoms with Gasteiger partial charge >= 0.3 is 0 Å². The van der Waals surface area contributed by atoms with Crippen LogP contribution < -0.4 is 11.1 Å². The van der Waals surface area contributed by atoms with Crippen LogP contribution in [0.2, 0.25) is 0 Å². The fourth-order valence-electron chi connectivity index (χ4n) is 0.999. The molecular formula is C11H20N2O2. The van der Waals surface area contributed by atoms with E-state index in [1.165, 1.54) is 0 Å². The molecule has 0 fully saturated rings. The van der Waals surface area contributed by atoms with Gasteiger partial charge in [0.15, 0.2) is 0 Å². The first-order valence-corrected chi connectivity index (χ1v) is 4.90. The zero-order chi connectivity index (χ0) is 12.3. The minimum absolute atomic E-state index is 0.218. The summed E-state index contributed by atoms with van der Waals surface area (Å²) in [5, 5.41) is 2.62. The van der Waals surface area contributed by atoms with Gasteiger partial charge in [-0.1, -0.05) is 12.2 Å². The van der Waals surface area contributed by atoms with Gasteiger partial charge in [0, 0.05) is 0 Å². The van der Waals surface area contributed by atoms with E-state index < -0.39 is 16.9 Å². The molecule has 0 atom stereocenters. The van der Waals surface area contributed by atoms with Crippen LogP contribution in [0, 0.1) is 5.41 Å². The average Bonchev–Trinajstić information content (AvgIpc) is 2.02. The van der Waals surface area contributed by atoms with Crippen molar-refractivity contribution < 1.29 is 9.59 Å². The number of carbonyl (C=O) groups excluding carboxylic acids is 2. The summed E-state index contributed by atoms with van der Waals surface area (Å²) in [7, 11) is 0. The second kappa shape index (κ2) is 4.47. The molecule has 4 heteroatoms. The van der Waals surface area contributed by atoms with Crippen molar-refractivity contribution in [3.63, 3.8) is 0 Å². The number of nitrogens with two attached hydrogens (primary N) is 1. The first-order chi connectivity index (χ1) is 6.63. The van der Waals surface area contributed by atoms with Gasteiger partial charge in [-0.2, -0.15) is 0 Å². The molecule has 0 aromatic rings. The Morgan fingerprint density at radius 1 is 1.20 bits per heavy atom. The molecule has 0 spiro atoms. The minimum Gasteiger partial charge on any atom is -0.368 e. The fourth-order valence-corrected chi connectivity index (χ4v) is 0.999. The van der Waals surface area contributed by atoms with Gasteiger partial charge in [-0.25, -0.2) is 0 Å². The summed E-state index contributed by atoms with van der Waals surface area (Å²) in [4.78, 5) is 22.8. The Morgan fingerprint density at radius 2 is 1.67 bits per heavy atom. The van der Waals surface area contributed by atoms with Gasteiger partial charge in [0.05, 0.1) is 5.41 Å². The number of hydrogen-bond acceptors (Lipinski definition) is 2. The van der Waals surface area contributed by atoms with Gasteiger partial charge in [-0.05, 0) is 34.6 Å². The van der Waals surface area contributed by atoms with E-state index in [2.05, 4.69) is 5.32 Å². The quantitative estimate of drug-likeness (QED) is 0.681. The van der Waals surface area contributed by atoms with Crippen LogP contribution >= 0.6 is 0 Å². The molecule has 0 aliphatic carbocycles. The second-order valence-corrected chi connectivity index (χ2v) is 4.67. The van der Waals surface area contributed by atoms with Crippen LogP contribution in [0.1, 0.15) is 34.6 Å². The molecule has 0 radical (unpaired) electrons. The summed E-state index contributed by atoms with van der Waals surface area (Å²) >= 11 is 0. The van der Waals surface area contributed by atoms with Gasteiger partial charge in [0.25, 0.3) is 0 Å². The number of amides is 2. The number of primary amides is 1. The maximum absolute atomic E-state index is 11.8. The van der Waals surface area contributed by atoms with Crippen LogP contribution in [-0.2, 0) is 9.59 Å². The Bertz CT molecular complexity index is 291. The number of carbonyl (C=O) groups is 2. The average molecular weight is 212 g/mol. The summed E-state index contributed by atoms with van der Waals surface area (Å²) in [5.41, 5.74) is 3.51. The van der Waals surface area contributed by atoms with Crippen LogP contribution in [0.25, 0.3) is 0 Å².